The van der Waals surface area contributed by atoms with Crippen LogP contribution in [0.1, 0.15) is 34.6 Å². The summed E-state index contributed by atoms with van der Waals surface area (Å²) in [6.45, 7) is 11.1. The molecule has 0 bridgehead atoms. The van der Waals surface area contributed by atoms with Crippen molar-refractivity contribution in [2.45, 2.75) is 34.6 Å². The minimum absolute atomic E-state index is 0.398. The number of rotatable bonds is 3. The highest BCUT2D eigenvalue weighted by Gasteiger charge is 2.13. The molecule has 0 aromatic rings. The highest BCUT2D eigenvalue weighted by atomic mass is 14.8. The van der Waals surface area contributed by atoms with Crippen LogP contribution in [0, 0.1) is 5.92 Å². The second kappa shape index (κ2) is 8.94. The fourth-order valence-electron chi connectivity index (χ4n) is 1.57. The number of nitrogens with zero attached hydrogens (tertiary/aromatic N) is 1. The molecule has 0 saturated heterocycles. The van der Waals surface area contributed by atoms with Gasteiger partial charge in [-0.2, -0.15) is 0 Å². The summed E-state index contributed by atoms with van der Waals surface area (Å²) in [7, 11) is 1.97. The molecule has 17 heavy (non-hydrogen) atoms. The van der Waals surface area contributed by atoms with Crippen LogP contribution in [0.4, 0.5) is 0 Å². The molecule has 1 unspecified atom stereocenters. The van der Waals surface area contributed by atoms with Crippen molar-refractivity contribution in [2.24, 2.45) is 10.9 Å². The van der Waals surface area contributed by atoms with Crippen molar-refractivity contribution in [3.8, 4) is 0 Å². The van der Waals surface area contributed by atoms with Gasteiger partial charge in [-0.15, -0.1) is 0 Å². The van der Waals surface area contributed by atoms with E-state index in [9.17, 15) is 0 Å². The molecule has 2 nitrogen and oxygen atoms in total. The lowest BCUT2D eigenvalue weighted by Gasteiger charge is -2.17. The summed E-state index contributed by atoms with van der Waals surface area (Å²) in [5, 5.41) is 3.20. The van der Waals surface area contributed by atoms with E-state index in [1.54, 1.807) is 0 Å². The first kappa shape index (κ1) is 15.9. The van der Waals surface area contributed by atoms with Crippen molar-refractivity contribution in [3.63, 3.8) is 0 Å². The second-order valence-corrected chi connectivity index (χ2v) is 3.87. The van der Waals surface area contributed by atoms with Crippen molar-refractivity contribution < 1.29 is 0 Å². The third-order valence-electron chi connectivity index (χ3n) is 2.51. The molecule has 0 saturated carbocycles. The monoisotopic (exact) mass is 234 g/mol. The molecule has 0 aromatic heterocycles. The van der Waals surface area contributed by atoms with Gasteiger partial charge in [0.1, 0.15) is 0 Å². The zero-order valence-corrected chi connectivity index (χ0v) is 12.0. The van der Waals surface area contributed by atoms with Crippen LogP contribution < -0.4 is 5.32 Å². The number of aliphatic imine (C=N–C) groups is 1. The largest absolute Gasteiger partial charge is 0.319 e. The highest BCUT2D eigenvalue weighted by Crippen LogP contribution is 2.15. The van der Waals surface area contributed by atoms with Gasteiger partial charge in [0.15, 0.2) is 0 Å². The van der Waals surface area contributed by atoms with Gasteiger partial charge in [0.2, 0.25) is 0 Å². The predicted molar refractivity (Wildman–Crippen MR) is 78.5 cm³/mol. The average molecular weight is 234 g/mol. The molecule has 1 aliphatic rings. The van der Waals surface area contributed by atoms with E-state index >= 15 is 0 Å². The summed E-state index contributed by atoms with van der Waals surface area (Å²) in [5.41, 5.74) is 3.53. The quantitative estimate of drug-likeness (QED) is 0.790. The van der Waals surface area contributed by atoms with Crippen LogP contribution in [-0.4, -0.2) is 19.3 Å². The molecule has 2 heteroatoms. The molecule has 0 radical (unpaired) electrons. The zero-order chi connectivity index (χ0) is 13.3. The molecule has 0 heterocycles. The molecule has 1 atom stereocenters. The summed E-state index contributed by atoms with van der Waals surface area (Å²) in [4.78, 5) is 4.60. The van der Waals surface area contributed by atoms with Crippen LogP contribution in [0.3, 0.4) is 0 Å². The summed E-state index contributed by atoms with van der Waals surface area (Å²) < 4.78 is 0. The van der Waals surface area contributed by atoms with Gasteiger partial charge in [0, 0.05) is 23.9 Å². The van der Waals surface area contributed by atoms with Crippen molar-refractivity contribution in [3.05, 3.63) is 35.6 Å². The maximum absolute atomic E-state index is 4.60. The Balaban J connectivity index is 0.00000121. The molecule has 0 fully saturated rings. The molecule has 0 spiro atoms. The van der Waals surface area contributed by atoms with E-state index in [4.69, 9.17) is 0 Å². The van der Waals surface area contributed by atoms with Crippen molar-refractivity contribution >= 4 is 5.71 Å². The number of nitrogens with one attached hydrogen (secondary N) is 1. The number of hydrogen-bond acceptors (Lipinski definition) is 2. The molecule has 0 aromatic carbocycles. The Morgan fingerprint density at radius 1 is 1.41 bits per heavy atom. The maximum Gasteiger partial charge on any atom is 0.0488 e. The van der Waals surface area contributed by atoms with E-state index in [2.05, 4.69) is 35.5 Å². The fraction of sp³-hybridized carbons (Fsp3) is 0.533. The Bertz CT molecular complexity index is 333. The van der Waals surface area contributed by atoms with Gasteiger partial charge in [-0.05, 0) is 33.9 Å². The van der Waals surface area contributed by atoms with Gasteiger partial charge in [-0.3, -0.25) is 4.99 Å². The van der Waals surface area contributed by atoms with Gasteiger partial charge in [0.25, 0.3) is 0 Å². The third-order valence-corrected chi connectivity index (χ3v) is 2.51. The lowest BCUT2D eigenvalue weighted by Crippen LogP contribution is -2.25. The van der Waals surface area contributed by atoms with E-state index in [1.165, 1.54) is 5.57 Å². The van der Waals surface area contributed by atoms with E-state index in [0.29, 0.717) is 5.92 Å². The average Bonchev–Trinajstić information content (AvgIpc) is 2.35. The van der Waals surface area contributed by atoms with Gasteiger partial charge in [0.05, 0.1) is 0 Å². The Kier molecular flexibility index (Phi) is 8.34. The zero-order valence-electron chi connectivity index (χ0n) is 12.0. The van der Waals surface area contributed by atoms with E-state index in [-0.39, 0.29) is 0 Å². The van der Waals surface area contributed by atoms with E-state index in [1.807, 2.05) is 40.8 Å². The van der Waals surface area contributed by atoms with Gasteiger partial charge >= 0.3 is 0 Å². The van der Waals surface area contributed by atoms with E-state index in [0.717, 1.165) is 18.0 Å². The van der Waals surface area contributed by atoms with Crippen LogP contribution >= 0.6 is 0 Å². The van der Waals surface area contributed by atoms with Crippen molar-refractivity contribution in [1.82, 2.24) is 5.32 Å². The Labute approximate surface area is 106 Å². The first-order chi connectivity index (χ1) is 8.17. The Morgan fingerprint density at radius 2 is 2.06 bits per heavy atom. The van der Waals surface area contributed by atoms with Gasteiger partial charge in [-0.25, -0.2) is 0 Å². The molecule has 1 rings (SSSR count). The lowest BCUT2D eigenvalue weighted by atomic mass is 9.94. The van der Waals surface area contributed by atoms with Crippen LogP contribution in [-0.2, 0) is 0 Å². The van der Waals surface area contributed by atoms with Crippen molar-refractivity contribution in [1.29, 1.82) is 0 Å². The first-order valence-electron chi connectivity index (χ1n) is 6.40. The second-order valence-electron chi connectivity index (χ2n) is 3.87. The third kappa shape index (κ3) is 5.64. The minimum atomic E-state index is 0.398. The SMILES string of the molecule is C/C=C(/C)N=C1C=CC(C)=CC1CNC.CC. The molecule has 1 N–H and O–H groups in total. The van der Waals surface area contributed by atoms with E-state index < -0.39 is 0 Å². The molecule has 0 amide bonds. The van der Waals surface area contributed by atoms with Gasteiger partial charge in [-0.1, -0.05) is 37.6 Å². The van der Waals surface area contributed by atoms with Gasteiger partial charge < -0.3 is 5.32 Å². The summed E-state index contributed by atoms with van der Waals surface area (Å²) in [6, 6.07) is 0. The summed E-state index contributed by atoms with van der Waals surface area (Å²) >= 11 is 0. The fourth-order valence-corrected chi connectivity index (χ4v) is 1.57. The highest BCUT2D eigenvalue weighted by molar-refractivity contribution is 6.00. The molecule has 1 aliphatic carbocycles. The van der Waals surface area contributed by atoms with Crippen LogP contribution in [0.25, 0.3) is 0 Å². The minimum Gasteiger partial charge on any atom is -0.319 e. The normalized spacial score (nSPS) is 22.0. The molecular weight excluding hydrogens is 208 g/mol. The van der Waals surface area contributed by atoms with Crippen molar-refractivity contribution in [2.75, 3.05) is 13.6 Å². The molecule has 96 valence electrons. The maximum atomic E-state index is 4.60. The molecular formula is C15H26N2. The summed E-state index contributed by atoms with van der Waals surface area (Å²) in [6.07, 6.45) is 8.53. The summed E-state index contributed by atoms with van der Waals surface area (Å²) in [5.74, 6) is 0.398. The smallest absolute Gasteiger partial charge is 0.0488 e. The van der Waals surface area contributed by atoms with Crippen LogP contribution in [0.5, 0.6) is 0 Å². The predicted octanol–water partition coefficient (Wildman–Crippen LogP) is 3.73. The number of hydrogen-bond donors (Lipinski definition) is 1. The topological polar surface area (TPSA) is 24.4 Å². The Morgan fingerprint density at radius 3 is 2.59 bits per heavy atom. The first-order valence-corrected chi connectivity index (χ1v) is 6.40. The Hall–Kier alpha value is -1.15. The molecule has 0 aliphatic heterocycles. The van der Waals surface area contributed by atoms with Crippen LogP contribution in [0.15, 0.2) is 40.6 Å². The standard InChI is InChI=1S/C13H20N2.C2H6/c1-5-11(3)15-13-7-6-10(2)8-12(13)9-14-4;1-2/h5-8,12,14H,9H2,1-4H3;1-2H3/b11-5-,15-13?;. The van der Waals surface area contributed by atoms with Crippen LogP contribution in [0.2, 0.25) is 0 Å². The lowest BCUT2D eigenvalue weighted by molar-refractivity contribution is 0.725. The number of allylic oxidation sites excluding steroid dienone is 5.